The first-order valence-electron chi connectivity index (χ1n) is 6.41. The lowest BCUT2D eigenvalue weighted by Gasteiger charge is -2.11. The Morgan fingerprint density at radius 2 is 2.05 bits per heavy atom. The molecule has 0 bridgehead atoms. The lowest BCUT2D eigenvalue weighted by molar-refractivity contribution is 0.367. The molecule has 0 amide bonds. The van der Waals surface area contributed by atoms with Crippen LogP contribution in [0.4, 0.5) is 0 Å². The second kappa shape index (κ2) is 6.57. The molecule has 5 heteroatoms. The monoisotopic (exact) mass is 292 g/mol. The van der Waals surface area contributed by atoms with Gasteiger partial charge >= 0.3 is 6.01 Å². The maximum Gasteiger partial charge on any atom is 0.322 e. The molecule has 0 unspecified atom stereocenters. The molecule has 0 aliphatic rings. The number of hydrogen-bond acceptors (Lipinski definition) is 4. The van der Waals surface area contributed by atoms with Crippen molar-refractivity contribution < 1.29 is 9.47 Å². The van der Waals surface area contributed by atoms with E-state index in [-0.39, 0.29) is 0 Å². The first kappa shape index (κ1) is 14.6. The van der Waals surface area contributed by atoms with Crippen LogP contribution in [0.25, 0.3) is 0 Å². The maximum absolute atomic E-state index is 5.78. The van der Waals surface area contributed by atoms with Gasteiger partial charge in [-0.3, -0.25) is 0 Å². The van der Waals surface area contributed by atoms with E-state index in [4.69, 9.17) is 21.1 Å². The number of aryl methyl sites for hydroxylation is 2. The van der Waals surface area contributed by atoms with Crippen molar-refractivity contribution in [1.82, 2.24) is 9.97 Å². The molecule has 1 heterocycles. The van der Waals surface area contributed by atoms with Crippen molar-refractivity contribution in [3.05, 3.63) is 41.2 Å². The highest BCUT2D eigenvalue weighted by atomic mass is 35.5. The van der Waals surface area contributed by atoms with E-state index in [1.165, 1.54) is 5.56 Å². The molecule has 0 fully saturated rings. The minimum absolute atomic E-state index is 0.291. The minimum atomic E-state index is 0.291. The Morgan fingerprint density at radius 1 is 1.25 bits per heavy atom. The highest BCUT2D eigenvalue weighted by Gasteiger charge is 2.09. The molecular weight excluding hydrogens is 276 g/mol. The standard InChI is InChI=1S/C15H17ClN2O2/c1-4-11-5-6-13(14(7-11)19-3)20-15-17-9-12(8-16)10(2)18-15/h5-7,9H,4,8H2,1-3H3. The van der Waals surface area contributed by atoms with Gasteiger partial charge in [0.25, 0.3) is 0 Å². The summed E-state index contributed by atoms with van der Waals surface area (Å²) in [5, 5.41) is 0. The molecule has 4 nitrogen and oxygen atoms in total. The number of ether oxygens (including phenoxy) is 2. The fourth-order valence-electron chi connectivity index (χ4n) is 1.77. The fourth-order valence-corrected chi connectivity index (χ4v) is 2.03. The van der Waals surface area contributed by atoms with Crippen molar-refractivity contribution in [2.75, 3.05) is 7.11 Å². The molecule has 0 spiro atoms. The lowest BCUT2D eigenvalue weighted by Crippen LogP contribution is -1.98. The zero-order chi connectivity index (χ0) is 14.5. The second-order valence-electron chi connectivity index (χ2n) is 4.34. The number of benzene rings is 1. The Balaban J connectivity index is 2.27. The van der Waals surface area contributed by atoms with Crippen molar-refractivity contribution in [3.8, 4) is 17.5 Å². The quantitative estimate of drug-likeness (QED) is 0.784. The van der Waals surface area contributed by atoms with Gasteiger partial charge < -0.3 is 9.47 Å². The third-order valence-corrected chi connectivity index (χ3v) is 3.33. The normalized spacial score (nSPS) is 10.4. The van der Waals surface area contributed by atoms with Crippen LogP contribution in [0.15, 0.2) is 24.4 Å². The fraction of sp³-hybridized carbons (Fsp3) is 0.333. The molecule has 1 aromatic heterocycles. The smallest absolute Gasteiger partial charge is 0.322 e. The molecule has 0 saturated carbocycles. The zero-order valence-corrected chi connectivity index (χ0v) is 12.6. The Bertz CT molecular complexity index is 602. The number of methoxy groups -OCH3 is 1. The average molecular weight is 293 g/mol. The lowest BCUT2D eigenvalue weighted by atomic mass is 10.1. The Morgan fingerprint density at radius 3 is 2.65 bits per heavy atom. The van der Waals surface area contributed by atoms with Gasteiger partial charge in [-0.05, 0) is 31.0 Å². The van der Waals surface area contributed by atoms with Gasteiger partial charge in [-0.2, -0.15) is 4.98 Å². The number of nitrogens with zero attached hydrogens (tertiary/aromatic N) is 2. The van der Waals surface area contributed by atoms with Gasteiger partial charge in [-0.1, -0.05) is 13.0 Å². The first-order valence-corrected chi connectivity index (χ1v) is 6.94. The summed E-state index contributed by atoms with van der Waals surface area (Å²) in [6, 6.07) is 6.11. The number of halogens is 1. The van der Waals surface area contributed by atoms with Crippen LogP contribution in [0.5, 0.6) is 17.5 Å². The molecule has 1 aromatic carbocycles. The van der Waals surface area contributed by atoms with Crippen LogP contribution in [0.3, 0.4) is 0 Å². The molecule has 20 heavy (non-hydrogen) atoms. The summed E-state index contributed by atoms with van der Waals surface area (Å²) in [6.45, 7) is 3.97. The van der Waals surface area contributed by atoms with E-state index in [0.717, 1.165) is 17.7 Å². The van der Waals surface area contributed by atoms with Gasteiger partial charge in [0.05, 0.1) is 13.0 Å². The minimum Gasteiger partial charge on any atom is -0.493 e. The van der Waals surface area contributed by atoms with Crippen molar-refractivity contribution in [1.29, 1.82) is 0 Å². The van der Waals surface area contributed by atoms with E-state index in [1.54, 1.807) is 13.3 Å². The number of alkyl halides is 1. The van der Waals surface area contributed by atoms with Gasteiger partial charge in [-0.15, -0.1) is 11.6 Å². The van der Waals surface area contributed by atoms with Gasteiger partial charge in [0.15, 0.2) is 11.5 Å². The van der Waals surface area contributed by atoms with Crippen molar-refractivity contribution in [2.24, 2.45) is 0 Å². The summed E-state index contributed by atoms with van der Waals surface area (Å²) in [5.74, 6) is 1.66. The number of aromatic nitrogens is 2. The van der Waals surface area contributed by atoms with Crippen molar-refractivity contribution >= 4 is 11.6 Å². The predicted molar refractivity (Wildman–Crippen MR) is 78.8 cm³/mol. The van der Waals surface area contributed by atoms with Crippen LogP contribution < -0.4 is 9.47 Å². The topological polar surface area (TPSA) is 44.2 Å². The van der Waals surface area contributed by atoms with E-state index in [0.29, 0.717) is 23.4 Å². The second-order valence-corrected chi connectivity index (χ2v) is 4.60. The number of hydrogen-bond donors (Lipinski definition) is 0. The van der Waals surface area contributed by atoms with Gasteiger partial charge in [0.1, 0.15) is 0 Å². The molecule has 106 valence electrons. The molecule has 0 aliphatic heterocycles. The van der Waals surface area contributed by atoms with E-state index in [2.05, 4.69) is 16.9 Å². The molecule has 0 aliphatic carbocycles. The van der Waals surface area contributed by atoms with E-state index >= 15 is 0 Å². The van der Waals surface area contributed by atoms with Crippen LogP contribution in [0, 0.1) is 6.92 Å². The van der Waals surface area contributed by atoms with Crippen LogP contribution in [0.1, 0.15) is 23.7 Å². The average Bonchev–Trinajstić information content (AvgIpc) is 2.48. The van der Waals surface area contributed by atoms with Gasteiger partial charge in [0, 0.05) is 17.5 Å². The molecule has 2 aromatic rings. The summed E-state index contributed by atoms with van der Waals surface area (Å²) >= 11 is 5.78. The van der Waals surface area contributed by atoms with E-state index in [1.807, 2.05) is 25.1 Å². The van der Waals surface area contributed by atoms with E-state index in [9.17, 15) is 0 Å². The van der Waals surface area contributed by atoms with Crippen LogP contribution in [-0.4, -0.2) is 17.1 Å². The van der Waals surface area contributed by atoms with Crippen molar-refractivity contribution in [2.45, 2.75) is 26.1 Å². The molecular formula is C15H17ClN2O2. The summed E-state index contributed by atoms with van der Waals surface area (Å²) in [7, 11) is 1.62. The molecule has 2 rings (SSSR count). The summed E-state index contributed by atoms with van der Waals surface area (Å²) in [6.07, 6.45) is 2.62. The van der Waals surface area contributed by atoms with E-state index < -0.39 is 0 Å². The maximum atomic E-state index is 5.78. The molecule has 0 saturated heterocycles. The predicted octanol–water partition coefficient (Wildman–Crippen LogP) is 3.89. The van der Waals surface area contributed by atoms with Crippen LogP contribution >= 0.6 is 11.6 Å². The third kappa shape index (κ3) is 3.20. The molecule has 0 atom stereocenters. The highest BCUT2D eigenvalue weighted by Crippen LogP contribution is 2.31. The van der Waals surface area contributed by atoms with Crippen molar-refractivity contribution in [3.63, 3.8) is 0 Å². The summed E-state index contributed by atoms with van der Waals surface area (Å²) < 4.78 is 11.0. The Kier molecular flexibility index (Phi) is 4.79. The van der Waals surface area contributed by atoms with Gasteiger partial charge in [0.2, 0.25) is 0 Å². The SMILES string of the molecule is CCc1ccc(Oc2ncc(CCl)c(C)n2)c(OC)c1. The Hall–Kier alpha value is -1.81. The van der Waals surface area contributed by atoms with Crippen LogP contribution in [-0.2, 0) is 12.3 Å². The largest absolute Gasteiger partial charge is 0.493 e. The van der Waals surface area contributed by atoms with Crippen LogP contribution in [0.2, 0.25) is 0 Å². The summed E-state index contributed by atoms with van der Waals surface area (Å²) in [4.78, 5) is 8.43. The number of rotatable bonds is 5. The third-order valence-electron chi connectivity index (χ3n) is 3.04. The Labute approximate surface area is 123 Å². The zero-order valence-electron chi connectivity index (χ0n) is 11.8. The highest BCUT2D eigenvalue weighted by molar-refractivity contribution is 6.17. The molecule has 0 radical (unpaired) electrons. The summed E-state index contributed by atoms with van der Waals surface area (Å²) in [5.41, 5.74) is 2.89. The molecule has 0 N–H and O–H groups in total. The van der Waals surface area contributed by atoms with Gasteiger partial charge in [-0.25, -0.2) is 4.98 Å². The first-order chi connectivity index (χ1) is 9.67.